The second-order valence-corrected chi connectivity index (χ2v) is 9.27. The Morgan fingerprint density at radius 1 is 1.20 bits per heavy atom. The van der Waals surface area contributed by atoms with E-state index in [1.54, 1.807) is 18.2 Å². The summed E-state index contributed by atoms with van der Waals surface area (Å²) in [6, 6.07) is 6.79. The number of aromatic hydroxyl groups is 1. The number of hydrogen-bond donors (Lipinski definition) is 3. The second kappa shape index (κ2) is 6.60. The number of hydrogen-bond acceptors (Lipinski definition) is 4. The van der Waals surface area contributed by atoms with Gasteiger partial charge in [0.15, 0.2) is 0 Å². The van der Waals surface area contributed by atoms with Crippen LogP contribution in [0.25, 0.3) is 21.0 Å². The minimum Gasteiger partial charge on any atom is -0.508 e. The van der Waals surface area contributed by atoms with Crippen molar-refractivity contribution in [1.82, 2.24) is 10.3 Å². The van der Waals surface area contributed by atoms with Gasteiger partial charge in [-0.2, -0.15) is 0 Å². The van der Waals surface area contributed by atoms with Gasteiger partial charge in [0, 0.05) is 26.3 Å². The molecule has 1 fully saturated rings. The lowest BCUT2D eigenvalue weighted by Gasteiger charge is -2.25. The quantitative estimate of drug-likeness (QED) is 0.394. The largest absolute Gasteiger partial charge is 0.508 e. The highest BCUT2D eigenvalue weighted by molar-refractivity contribution is 14.1. The van der Waals surface area contributed by atoms with Crippen molar-refractivity contribution in [1.29, 1.82) is 0 Å². The Balaban J connectivity index is 1.70. The summed E-state index contributed by atoms with van der Waals surface area (Å²) in [6.07, 6.45) is 4.26. The number of carbonyl (C=O) groups excluding carboxylic acids is 1. The first-order valence-corrected chi connectivity index (χ1v) is 10.3. The van der Waals surface area contributed by atoms with Crippen LogP contribution in [0.2, 0.25) is 0 Å². The number of carbonyl (C=O) groups is 1. The standard InChI is InChI=1S/C18H17IN2O3S/c19-9-1-3-10(4-2-9)20-17(23)15-8-13-12-7-11(22)5-6-14(12)21-18(24)16(13)25-15/h5-10,22H,1-4H2,(H,20,23)(H,21,24)/t9-,10-. The molecule has 4 rings (SSSR count). The van der Waals surface area contributed by atoms with Gasteiger partial charge in [0.05, 0.1) is 4.88 Å². The van der Waals surface area contributed by atoms with Crippen molar-refractivity contribution >= 4 is 60.8 Å². The summed E-state index contributed by atoms with van der Waals surface area (Å²) in [4.78, 5) is 28.3. The lowest BCUT2D eigenvalue weighted by Crippen LogP contribution is -2.37. The van der Waals surface area contributed by atoms with Crippen LogP contribution in [-0.2, 0) is 0 Å². The van der Waals surface area contributed by atoms with Crippen molar-refractivity contribution in [2.75, 3.05) is 0 Å². The maximum absolute atomic E-state index is 12.6. The van der Waals surface area contributed by atoms with Crippen LogP contribution in [0.3, 0.4) is 0 Å². The number of thiophene rings is 1. The predicted octanol–water partition coefficient (Wildman–Crippen LogP) is 3.92. The van der Waals surface area contributed by atoms with E-state index < -0.39 is 0 Å². The van der Waals surface area contributed by atoms with Crippen molar-refractivity contribution in [2.45, 2.75) is 35.6 Å². The average molecular weight is 468 g/mol. The highest BCUT2D eigenvalue weighted by atomic mass is 127. The molecule has 0 aliphatic heterocycles. The number of amides is 1. The zero-order valence-corrected chi connectivity index (χ0v) is 16.3. The molecule has 5 nitrogen and oxygen atoms in total. The van der Waals surface area contributed by atoms with Crippen LogP contribution in [0.5, 0.6) is 5.75 Å². The first kappa shape index (κ1) is 16.8. The molecule has 3 aromatic rings. The van der Waals surface area contributed by atoms with Crippen LogP contribution in [0, 0.1) is 0 Å². The maximum atomic E-state index is 12.6. The van der Waals surface area contributed by atoms with E-state index in [2.05, 4.69) is 32.9 Å². The van der Waals surface area contributed by atoms with Gasteiger partial charge in [-0.25, -0.2) is 0 Å². The molecule has 25 heavy (non-hydrogen) atoms. The molecule has 130 valence electrons. The molecule has 1 amide bonds. The number of benzene rings is 1. The predicted molar refractivity (Wildman–Crippen MR) is 109 cm³/mol. The molecule has 1 aromatic carbocycles. The van der Waals surface area contributed by atoms with Gasteiger partial charge in [0.1, 0.15) is 10.4 Å². The smallest absolute Gasteiger partial charge is 0.266 e. The molecule has 1 saturated carbocycles. The van der Waals surface area contributed by atoms with Crippen LogP contribution in [0.4, 0.5) is 0 Å². The summed E-state index contributed by atoms with van der Waals surface area (Å²) in [7, 11) is 0. The molecule has 7 heteroatoms. The van der Waals surface area contributed by atoms with Gasteiger partial charge in [-0.15, -0.1) is 11.3 Å². The van der Waals surface area contributed by atoms with E-state index in [-0.39, 0.29) is 23.3 Å². The Hall–Kier alpha value is -1.61. The van der Waals surface area contributed by atoms with Crippen molar-refractivity contribution < 1.29 is 9.90 Å². The Kier molecular flexibility index (Phi) is 4.45. The van der Waals surface area contributed by atoms with Crippen LogP contribution in [0.1, 0.15) is 35.4 Å². The highest BCUT2D eigenvalue weighted by Crippen LogP contribution is 2.31. The fourth-order valence-electron chi connectivity index (χ4n) is 3.37. The van der Waals surface area contributed by atoms with Crippen molar-refractivity contribution in [2.24, 2.45) is 0 Å². The summed E-state index contributed by atoms with van der Waals surface area (Å²) < 4.78 is 1.21. The molecule has 1 aliphatic carbocycles. The van der Waals surface area contributed by atoms with Gasteiger partial charge in [-0.05, 0) is 49.9 Å². The number of rotatable bonds is 2. The van der Waals surface area contributed by atoms with E-state index in [1.165, 1.54) is 17.4 Å². The monoisotopic (exact) mass is 468 g/mol. The third-order valence-electron chi connectivity index (χ3n) is 4.70. The van der Waals surface area contributed by atoms with E-state index in [1.807, 2.05) is 0 Å². The molecule has 0 radical (unpaired) electrons. The number of phenols is 1. The molecule has 0 spiro atoms. The summed E-state index contributed by atoms with van der Waals surface area (Å²) in [5, 5.41) is 14.3. The van der Waals surface area contributed by atoms with Crippen LogP contribution < -0.4 is 10.9 Å². The number of aromatic amines is 1. The topological polar surface area (TPSA) is 82.2 Å². The van der Waals surface area contributed by atoms with E-state index in [4.69, 9.17) is 0 Å². The molecule has 0 saturated heterocycles. The number of halogens is 1. The molecule has 1 aliphatic rings. The van der Waals surface area contributed by atoms with Gasteiger partial charge in [0.2, 0.25) is 0 Å². The summed E-state index contributed by atoms with van der Waals surface area (Å²) in [5.74, 6) is 0.0134. The van der Waals surface area contributed by atoms with Crippen molar-refractivity contribution in [3.05, 3.63) is 39.5 Å². The first-order chi connectivity index (χ1) is 12.0. The molecule has 2 heterocycles. The molecule has 2 aromatic heterocycles. The summed E-state index contributed by atoms with van der Waals surface area (Å²) in [6.45, 7) is 0. The number of phenolic OH excluding ortho intramolecular Hbond substituents is 1. The molecule has 0 bridgehead atoms. The SMILES string of the molecule is O=C(N[C@H]1CC[C@H](I)CC1)c1cc2c(s1)c(=O)[nH]c1ccc(O)cc12. The van der Waals surface area contributed by atoms with E-state index in [0.29, 0.717) is 24.4 Å². The third kappa shape index (κ3) is 3.27. The number of H-pyrrole nitrogens is 1. The van der Waals surface area contributed by atoms with Crippen molar-refractivity contribution in [3.8, 4) is 5.75 Å². The Bertz CT molecular complexity index is 1020. The Morgan fingerprint density at radius 3 is 2.72 bits per heavy atom. The van der Waals surface area contributed by atoms with E-state index in [9.17, 15) is 14.7 Å². The number of fused-ring (bicyclic) bond motifs is 3. The van der Waals surface area contributed by atoms with Crippen molar-refractivity contribution in [3.63, 3.8) is 0 Å². The molecule has 3 N–H and O–H groups in total. The normalized spacial score (nSPS) is 20.8. The Morgan fingerprint density at radius 2 is 1.96 bits per heavy atom. The average Bonchev–Trinajstić information content (AvgIpc) is 3.04. The van der Waals surface area contributed by atoms with Gasteiger partial charge < -0.3 is 15.4 Å². The van der Waals surface area contributed by atoms with Crippen LogP contribution in [0.15, 0.2) is 29.1 Å². The molecular weight excluding hydrogens is 451 g/mol. The first-order valence-electron chi connectivity index (χ1n) is 8.25. The minimum absolute atomic E-state index is 0.120. The lowest BCUT2D eigenvalue weighted by molar-refractivity contribution is 0.0932. The lowest BCUT2D eigenvalue weighted by atomic mass is 9.95. The van der Waals surface area contributed by atoms with Gasteiger partial charge in [0.25, 0.3) is 11.5 Å². The van der Waals surface area contributed by atoms with Crippen LogP contribution >= 0.6 is 33.9 Å². The summed E-state index contributed by atoms with van der Waals surface area (Å²) >= 11 is 3.67. The fourth-order valence-corrected chi connectivity index (χ4v) is 5.06. The van der Waals surface area contributed by atoms with E-state index in [0.717, 1.165) is 31.1 Å². The number of alkyl halides is 1. The third-order valence-corrected chi connectivity index (χ3v) is 7.07. The zero-order valence-electron chi connectivity index (χ0n) is 13.3. The highest BCUT2D eigenvalue weighted by Gasteiger charge is 2.22. The zero-order chi connectivity index (χ0) is 17.6. The van der Waals surface area contributed by atoms with Gasteiger partial charge in [-0.3, -0.25) is 9.59 Å². The van der Waals surface area contributed by atoms with Gasteiger partial charge >= 0.3 is 0 Å². The minimum atomic E-state index is -0.206. The molecule has 0 unspecified atom stereocenters. The fraction of sp³-hybridized carbons (Fsp3) is 0.333. The number of aromatic nitrogens is 1. The van der Waals surface area contributed by atoms with E-state index >= 15 is 0 Å². The maximum Gasteiger partial charge on any atom is 0.266 e. The second-order valence-electron chi connectivity index (χ2n) is 6.46. The van der Waals surface area contributed by atoms with Crippen LogP contribution in [-0.4, -0.2) is 26.0 Å². The summed E-state index contributed by atoms with van der Waals surface area (Å²) in [5.41, 5.74) is 0.447. The number of pyridine rings is 1. The molecule has 0 atom stereocenters. The molecular formula is C18H17IN2O3S. The number of nitrogens with one attached hydrogen (secondary N) is 2. The Labute approximate surface area is 161 Å². The van der Waals surface area contributed by atoms with Gasteiger partial charge in [-0.1, -0.05) is 22.6 Å².